The molecule has 0 aromatic heterocycles. The molecular formula is C35H58N6O9S. The topological polar surface area (TPSA) is 198 Å². The highest BCUT2D eigenvalue weighted by Crippen LogP contribution is 2.39. The third-order valence-electron chi connectivity index (χ3n) is 10.4. The maximum atomic E-state index is 13.4. The number of hydroxylamine groups is 2. The SMILES string of the molecule is CCCC[N+](CCCC)(CCCC)C(CCC)CC(C)(C)c1cc(C(=O)NNC(=O)[C@@H]2CC[C@@H]3CN2C(=O)N3OS(=O)(=O)O)ccc1NC(=O)[O-]. The number of carbonyl (C=O) groups excluding carboxylic acids is 4. The molecule has 2 fully saturated rings. The number of unbranched alkanes of at least 4 members (excludes halogenated alkanes) is 3. The summed E-state index contributed by atoms with van der Waals surface area (Å²) in [5.41, 5.74) is 5.34. The summed E-state index contributed by atoms with van der Waals surface area (Å²) in [6, 6.07) is 2.36. The Kier molecular flexibility index (Phi) is 15.1. The number of anilines is 1. The van der Waals surface area contributed by atoms with Crippen molar-refractivity contribution in [2.24, 2.45) is 0 Å². The standard InChI is InChI=1S/C35H58N6O9S/c1-7-11-19-41(20-12-8-2,21-13-9-3)27(14-10-4)23-35(5,6)28-22-25(15-17-29(28)36-33(44)45)31(42)37-38-32(43)30-18-16-26-24-39(30)34(46)40(26)50-51(47,48)49/h15,17,22,26-27,30H,7-14,16,18-21,23-24H2,1-6H3,(H4-,36,37,38,42,43,44,45,47,48,49)/t26-,27?,30+/m1/s1. The number of carbonyl (C=O) groups is 4. The van der Waals surface area contributed by atoms with Crippen LogP contribution in [-0.4, -0.2) is 95.7 Å². The van der Waals surface area contributed by atoms with Crippen LogP contribution in [0, 0.1) is 0 Å². The highest BCUT2D eigenvalue weighted by molar-refractivity contribution is 7.80. The molecule has 2 heterocycles. The summed E-state index contributed by atoms with van der Waals surface area (Å²) in [6.07, 6.45) is 8.37. The van der Waals surface area contributed by atoms with Crippen LogP contribution in [0.5, 0.6) is 0 Å². The molecule has 2 aliphatic rings. The number of nitrogens with zero attached hydrogens (tertiary/aromatic N) is 3. The molecule has 3 atom stereocenters. The van der Waals surface area contributed by atoms with Crippen LogP contribution in [0.4, 0.5) is 15.3 Å². The molecule has 3 rings (SSSR count). The third-order valence-corrected chi connectivity index (χ3v) is 10.7. The van der Waals surface area contributed by atoms with Crippen molar-refractivity contribution in [1.82, 2.24) is 20.8 Å². The number of amides is 5. The summed E-state index contributed by atoms with van der Waals surface area (Å²) < 4.78 is 36.9. The summed E-state index contributed by atoms with van der Waals surface area (Å²) in [5, 5.41) is 14.7. The lowest BCUT2D eigenvalue weighted by Gasteiger charge is -2.48. The zero-order valence-electron chi connectivity index (χ0n) is 31.0. The van der Waals surface area contributed by atoms with Gasteiger partial charge in [-0.2, -0.15) is 13.5 Å². The van der Waals surface area contributed by atoms with Gasteiger partial charge in [-0.1, -0.05) is 67.2 Å². The van der Waals surface area contributed by atoms with Crippen molar-refractivity contribution >= 4 is 40.0 Å². The van der Waals surface area contributed by atoms with E-state index < -0.39 is 51.8 Å². The Bertz CT molecular complexity index is 1470. The van der Waals surface area contributed by atoms with E-state index in [0.29, 0.717) is 22.4 Å². The van der Waals surface area contributed by atoms with Crippen LogP contribution < -0.4 is 21.3 Å². The molecule has 1 aromatic carbocycles. The third kappa shape index (κ3) is 11.0. The maximum absolute atomic E-state index is 13.4. The van der Waals surface area contributed by atoms with E-state index in [9.17, 15) is 32.7 Å². The average molecular weight is 739 g/mol. The molecule has 0 radical (unpaired) electrons. The number of hydrazine groups is 1. The number of benzene rings is 1. The Balaban J connectivity index is 1.86. The van der Waals surface area contributed by atoms with Crippen molar-refractivity contribution in [1.29, 1.82) is 0 Å². The predicted octanol–water partition coefficient (Wildman–Crippen LogP) is 4.26. The molecule has 2 aliphatic heterocycles. The summed E-state index contributed by atoms with van der Waals surface area (Å²) in [4.78, 5) is 52.2. The smallest absolute Gasteiger partial charge is 0.418 e. The number of nitrogens with one attached hydrogen (secondary N) is 3. The zero-order chi connectivity index (χ0) is 38.0. The minimum atomic E-state index is -4.94. The monoisotopic (exact) mass is 738 g/mol. The van der Waals surface area contributed by atoms with E-state index in [2.05, 4.69) is 62.0 Å². The van der Waals surface area contributed by atoms with Crippen molar-refractivity contribution in [2.45, 2.75) is 136 Å². The minimum Gasteiger partial charge on any atom is -0.530 e. The fourth-order valence-electron chi connectivity index (χ4n) is 7.75. The molecule has 16 heteroatoms. The molecule has 2 saturated heterocycles. The Morgan fingerprint density at radius 3 is 2.14 bits per heavy atom. The van der Waals surface area contributed by atoms with E-state index in [0.717, 1.165) is 86.8 Å². The molecule has 0 saturated carbocycles. The molecule has 2 bridgehead atoms. The fraction of sp³-hybridized carbons (Fsp3) is 0.714. The largest absolute Gasteiger partial charge is 0.530 e. The van der Waals surface area contributed by atoms with E-state index in [1.165, 1.54) is 12.1 Å². The van der Waals surface area contributed by atoms with Crippen LogP contribution in [0.15, 0.2) is 18.2 Å². The van der Waals surface area contributed by atoms with Crippen LogP contribution in [0.3, 0.4) is 0 Å². The average Bonchev–Trinajstić information content (AvgIpc) is 3.29. The van der Waals surface area contributed by atoms with Gasteiger partial charge in [-0.3, -0.25) is 25.0 Å². The van der Waals surface area contributed by atoms with Gasteiger partial charge in [0.2, 0.25) is 0 Å². The molecule has 288 valence electrons. The quantitative estimate of drug-likeness (QED) is 0.0858. The van der Waals surface area contributed by atoms with E-state index in [1.54, 1.807) is 6.07 Å². The van der Waals surface area contributed by atoms with Crippen molar-refractivity contribution in [3.63, 3.8) is 0 Å². The Morgan fingerprint density at radius 2 is 1.61 bits per heavy atom. The molecule has 51 heavy (non-hydrogen) atoms. The molecular weight excluding hydrogens is 680 g/mol. The van der Waals surface area contributed by atoms with Gasteiger partial charge < -0.3 is 24.6 Å². The highest BCUT2D eigenvalue weighted by atomic mass is 32.3. The van der Waals surface area contributed by atoms with E-state index in [4.69, 9.17) is 4.55 Å². The van der Waals surface area contributed by atoms with Gasteiger partial charge in [-0.25, -0.2) is 4.79 Å². The molecule has 15 nitrogen and oxygen atoms in total. The number of hydrogen-bond acceptors (Lipinski definition) is 8. The predicted molar refractivity (Wildman–Crippen MR) is 190 cm³/mol. The number of hydrogen-bond donors (Lipinski definition) is 4. The van der Waals surface area contributed by atoms with Crippen LogP contribution in [-0.2, 0) is 24.9 Å². The van der Waals surface area contributed by atoms with Gasteiger partial charge in [0.05, 0.1) is 31.7 Å². The summed E-state index contributed by atoms with van der Waals surface area (Å²) >= 11 is 0. The van der Waals surface area contributed by atoms with E-state index in [1.807, 2.05) is 0 Å². The van der Waals surface area contributed by atoms with Crippen molar-refractivity contribution < 1.29 is 46.0 Å². The molecule has 1 aromatic rings. The van der Waals surface area contributed by atoms with Crippen molar-refractivity contribution in [3.8, 4) is 0 Å². The number of rotatable bonds is 20. The first-order valence-corrected chi connectivity index (χ1v) is 19.7. The highest BCUT2D eigenvalue weighted by Gasteiger charge is 2.49. The van der Waals surface area contributed by atoms with E-state index in [-0.39, 0.29) is 24.9 Å². The minimum absolute atomic E-state index is 0.0000837. The molecule has 1 unspecified atom stereocenters. The fourth-order valence-corrected chi connectivity index (χ4v) is 8.13. The summed E-state index contributed by atoms with van der Waals surface area (Å²) in [7, 11) is -4.94. The Labute approximate surface area is 302 Å². The number of urea groups is 1. The molecule has 0 spiro atoms. The maximum Gasteiger partial charge on any atom is 0.418 e. The lowest BCUT2D eigenvalue weighted by molar-refractivity contribution is -0.953. The second-order valence-corrected chi connectivity index (χ2v) is 15.6. The molecule has 4 N–H and O–H groups in total. The Morgan fingerprint density at radius 1 is 1.00 bits per heavy atom. The Hall–Kier alpha value is -3.47. The van der Waals surface area contributed by atoms with Crippen molar-refractivity contribution in [2.75, 3.05) is 31.5 Å². The van der Waals surface area contributed by atoms with Gasteiger partial charge in [-0.05, 0) is 67.7 Å². The normalized spacial score (nSPS) is 18.5. The lowest BCUT2D eigenvalue weighted by Crippen LogP contribution is -2.58. The van der Waals surface area contributed by atoms with Gasteiger partial charge in [0.1, 0.15) is 12.1 Å². The second kappa shape index (κ2) is 18.3. The van der Waals surface area contributed by atoms with Crippen LogP contribution in [0.1, 0.15) is 128 Å². The molecule has 0 aliphatic carbocycles. The van der Waals surface area contributed by atoms with Crippen LogP contribution in [0.25, 0.3) is 0 Å². The van der Waals surface area contributed by atoms with Gasteiger partial charge >= 0.3 is 16.4 Å². The number of fused-ring (bicyclic) bond motifs is 2. The number of quaternary nitrogens is 1. The number of carboxylic acid groups (broad SMARTS) is 1. The first kappa shape index (κ1) is 41.9. The van der Waals surface area contributed by atoms with Gasteiger partial charge in [0.15, 0.2) is 0 Å². The number of piperidine rings is 1. The summed E-state index contributed by atoms with van der Waals surface area (Å²) in [5.74, 6) is -1.34. The first-order valence-electron chi connectivity index (χ1n) is 18.4. The zero-order valence-corrected chi connectivity index (χ0v) is 31.9. The van der Waals surface area contributed by atoms with Crippen LogP contribution in [0.2, 0.25) is 0 Å². The molecule has 5 amide bonds. The van der Waals surface area contributed by atoms with Gasteiger partial charge in [0.25, 0.3) is 11.8 Å². The van der Waals surface area contributed by atoms with Gasteiger partial charge in [0, 0.05) is 24.2 Å². The van der Waals surface area contributed by atoms with E-state index >= 15 is 0 Å². The van der Waals surface area contributed by atoms with Crippen LogP contribution >= 0.6 is 0 Å². The summed E-state index contributed by atoms with van der Waals surface area (Å²) in [6.45, 7) is 16.2. The first-order chi connectivity index (χ1) is 24.0. The lowest BCUT2D eigenvalue weighted by atomic mass is 9.75. The van der Waals surface area contributed by atoms with Crippen molar-refractivity contribution in [3.05, 3.63) is 29.3 Å². The second-order valence-electron chi connectivity index (χ2n) is 14.6. The van der Waals surface area contributed by atoms with Gasteiger partial charge in [-0.15, -0.1) is 4.28 Å².